The van der Waals surface area contributed by atoms with Crippen molar-refractivity contribution in [2.75, 3.05) is 6.54 Å². The molecule has 90 valence electrons. The molecule has 0 saturated carbocycles. The van der Waals surface area contributed by atoms with E-state index in [1.54, 1.807) is 0 Å². The van der Waals surface area contributed by atoms with Crippen LogP contribution in [0.2, 0.25) is 0 Å². The maximum atomic E-state index is 13.2. The van der Waals surface area contributed by atoms with E-state index in [2.05, 4.69) is 5.32 Å². The summed E-state index contributed by atoms with van der Waals surface area (Å²) >= 11 is 0. The Bertz CT molecular complexity index is 354. The van der Waals surface area contributed by atoms with Crippen molar-refractivity contribution in [2.24, 2.45) is 5.73 Å². The molecule has 0 bridgehead atoms. The van der Waals surface area contributed by atoms with Gasteiger partial charge in [0, 0.05) is 5.56 Å². The van der Waals surface area contributed by atoms with Gasteiger partial charge in [-0.25, -0.2) is 8.78 Å². The van der Waals surface area contributed by atoms with E-state index < -0.39 is 23.6 Å². The Balaban J connectivity index is 0.00000225. The summed E-state index contributed by atoms with van der Waals surface area (Å²) in [7, 11) is 0. The van der Waals surface area contributed by atoms with Crippen LogP contribution in [-0.2, 0) is 4.79 Å². The number of hydrogen-bond acceptors (Lipinski definition) is 2. The van der Waals surface area contributed by atoms with Crippen molar-refractivity contribution in [1.29, 1.82) is 0 Å². The second-order valence-corrected chi connectivity index (χ2v) is 3.13. The lowest BCUT2D eigenvalue weighted by Gasteiger charge is -2.15. The number of rotatable bonds is 3. The largest absolute Gasteiger partial charge is 0.348 e. The van der Waals surface area contributed by atoms with Crippen molar-refractivity contribution >= 4 is 18.3 Å². The minimum Gasteiger partial charge on any atom is -0.348 e. The highest BCUT2D eigenvalue weighted by Crippen LogP contribution is 2.19. The highest BCUT2D eigenvalue weighted by Gasteiger charge is 2.16. The van der Waals surface area contributed by atoms with E-state index in [1.807, 2.05) is 0 Å². The van der Waals surface area contributed by atoms with Gasteiger partial charge in [-0.15, -0.1) is 12.4 Å². The van der Waals surface area contributed by atoms with Crippen LogP contribution in [-0.4, -0.2) is 12.5 Å². The first-order valence-corrected chi connectivity index (χ1v) is 4.49. The molecule has 0 aliphatic carbocycles. The second kappa shape index (κ2) is 6.40. The van der Waals surface area contributed by atoms with Gasteiger partial charge >= 0.3 is 0 Å². The van der Waals surface area contributed by atoms with E-state index in [0.29, 0.717) is 0 Å². The van der Waals surface area contributed by atoms with Gasteiger partial charge in [-0.05, 0) is 19.1 Å². The quantitative estimate of drug-likeness (QED) is 0.855. The lowest BCUT2D eigenvalue weighted by molar-refractivity contribution is -0.120. The minimum atomic E-state index is -0.734. The maximum Gasteiger partial charge on any atom is 0.234 e. The van der Waals surface area contributed by atoms with Gasteiger partial charge in [0.25, 0.3) is 0 Å². The minimum absolute atomic E-state index is 0. The lowest BCUT2D eigenvalue weighted by Crippen LogP contribution is -2.33. The summed E-state index contributed by atoms with van der Waals surface area (Å²) in [4.78, 5) is 10.9. The third-order valence-corrected chi connectivity index (χ3v) is 2.00. The number of nitrogens with two attached hydrogens (primary N) is 1. The third-order valence-electron chi connectivity index (χ3n) is 2.00. The number of carbonyl (C=O) groups excluding carboxylic acids is 1. The molecule has 1 unspecified atom stereocenters. The zero-order valence-electron chi connectivity index (χ0n) is 8.67. The van der Waals surface area contributed by atoms with Gasteiger partial charge in [-0.3, -0.25) is 4.79 Å². The first-order chi connectivity index (χ1) is 7.06. The molecule has 0 aliphatic rings. The number of halogens is 3. The molecule has 3 N–H and O–H groups in total. The zero-order valence-corrected chi connectivity index (χ0v) is 9.48. The number of hydrogen-bond donors (Lipinski definition) is 2. The molecular formula is C10H13ClF2N2O. The normalized spacial score (nSPS) is 11.5. The molecule has 0 saturated heterocycles. The van der Waals surface area contributed by atoms with Crippen LogP contribution in [0.1, 0.15) is 18.5 Å². The van der Waals surface area contributed by atoms with Crippen molar-refractivity contribution in [2.45, 2.75) is 13.0 Å². The third kappa shape index (κ3) is 3.43. The van der Waals surface area contributed by atoms with E-state index in [1.165, 1.54) is 13.0 Å². The number of amides is 1. The average molecular weight is 251 g/mol. The van der Waals surface area contributed by atoms with Crippen molar-refractivity contribution in [3.05, 3.63) is 35.4 Å². The standard InChI is InChI=1S/C10H12F2N2O.ClH/c1-6(14-9(15)5-13)10-7(11)3-2-4-8(10)12;/h2-4,6H,5,13H2,1H3,(H,14,15);1H. The van der Waals surface area contributed by atoms with Crippen LogP contribution in [0, 0.1) is 11.6 Å². The Labute approximate surface area is 98.4 Å². The van der Waals surface area contributed by atoms with E-state index in [9.17, 15) is 13.6 Å². The summed E-state index contributed by atoms with van der Waals surface area (Å²) < 4.78 is 26.5. The van der Waals surface area contributed by atoms with Gasteiger partial charge in [0.2, 0.25) is 5.91 Å². The SMILES string of the molecule is CC(NC(=O)CN)c1c(F)cccc1F.Cl. The molecule has 16 heavy (non-hydrogen) atoms. The van der Waals surface area contributed by atoms with Gasteiger partial charge in [0.15, 0.2) is 0 Å². The number of nitrogens with one attached hydrogen (secondary N) is 1. The van der Waals surface area contributed by atoms with Crippen molar-refractivity contribution in [3.8, 4) is 0 Å². The Morgan fingerprint density at radius 3 is 2.38 bits per heavy atom. The molecule has 0 spiro atoms. The van der Waals surface area contributed by atoms with Crippen molar-refractivity contribution in [3.63, 3.8) is 0 Å². The van der Waals surface area contributed by atoms with Crippen molar-refractivity contribution in [1.82, 2.24) is 5.32 Å². The van der Waals surface area contributed by atoms with E-state index in [-0.39, 0.29) is 24.5 Å². The fraction of sp³-hybridized carbons (Fsp3) is 0.300. The molecule has 1 aromatic carbocycles. The van der Waals surface area contributed by atoms with Crippen LogP contribution in [0.15, 0.2) is 18.2 Å². The van der Waals surface area contributed by atoms with E-state index in [4.69, 9.17) is 5.73 Å². The average Bonchev–Trinajstić information content (AvgIpc) is 2.17. The molecule has 1 rings (SSSR count). The summed E-state index contributed by atoms with van der Waals surface area (Å²) in [5.41, 5.74) is 4.92. The van der Waals surface area contributed by atoms with Gasteiger partial charge < -0.3 is 11.1 Å². The van der Waals surface area contributed by atoms with Gasteiger partial charge in [0.1, 0.15) is 11.6 Å². The predicted molar refractivity (Wildman–Crippen MR) is 59.2 cm³/mol. The molecule has 3 nitrogen and oxygen atoms in total. The molecule has 0 fully saturated rings. The van der Waals surface area contributed by atoms with Gasteiger partial charge in [-0.2, -0.15) is 0 Å². The maximum absolute atomic E-state index is 13.2. The second-order valence-electron chi connectivity index (χ2n) is 3.13. The Morgan fingerprint density at radius 1 is 1.44 bits per heavy atom. The predicted octanol–water partition coefficient (Wildman–Crippen LogP) is 1.52. The molecule has 1 aromatic rings. The van der Waals surface area contributed by atoms with Crippen molar-refractivity contribution < 1.29 is 13.6 Å². The van der Waals surface area contributed by atoms with Crippen LogP contribution in [0.4, 0.5) is 8.78 Å². The molecule has 6 heteroatoms. The fourth-order valence-corrected chi connectivity index (χ4v) is 1.30. The Kier molecular flexibility index (Phi) is 5.92. The molecule has 0 aromatic heterocycles. The Hall–Kier alpha value is -1.20. The molecule has 0 radical (unpaired) electrons. The smallest absolute Gasteiger partial charge is 0.234 e. The summed E-state index contributed by atoms with van der Waals surface area (Å²) in [6.07, 6.45) is 0. The van der Waals surface area contributed by atoms with Gasteiger partial charge in [-0.1, -0.05) is 6.07 Å². The van der Waals surface area contributed by atoms with E-state index >= 15 is 0 Å². The first-order valence-electron chi connectivity index (χ1n) is 4.49. The van der Waals surface area contributed by atoms with E-state index in [0.717, 1.165) is 12.1 Å². The number of benzene rings is 1. The summed E-state index contributed by atoms with van der Waals surface area (Å²) in [6.45, 7) is 1.29. The fourth-order valence-electron chi connectivity index (χ4n) is 1.30. The zero-order chi connectivity index (χ0) is 11.4. The molecule has 0 heterocycles. The highest BCUT2D eigenvalue weighted by molar-refractivity contribution is 5.85. The first kappa shape index (κ1) is 14.8. The molecule has 0 aliphatic heterocycles. The summed E-state index contributed by atoms with van der Waals surface area (Å²) in [5, 5.41) is 2.38. The monoisotopic (exact) mass is 250 g/mol. The highest BCUT2D eigenvalue weighted by atomic mass is 35.5. The number of carbonyl (C=O) groups is 1. The summed E-state index contributed by atoms with van der Waals surface area (Å²) in [5.74, 6) is -1.82. The summed E-state index contributed by atoms with van der Waals surface area (Å²) in [6, 6.07) is 2.82. The van der Waals surface area contributed by atoms with Gasteiger partial charge in [0.05, 0.1) is 12.6 Å². The van der Waals surface area contributed by atoms with Crippen LogP contribution < -0.4 is 11.1 Å². The van der Waals surface area contributed by atoms with Crippen LogP contribution in [0.25, 0.3) is 0 Å². The topological polar surface area (TPSA) is 55.1 Å². The molecular weight excluding hydrogens is 238 g/mol. The van der Waals surface area contributed by atoms with Crippen LogP contribution in [0.3, 0.4) is 0 Å². The molecule has 1 atom stereocenters. The Morgan fingerprint density at radius 2 is 1.94 bits per heavy atom. The van der Waals surface area contributed by atoms with Crippen LogP contribution >= 0.6 is 12.4 Å². The molecule has 1 amide bonds. The lowest BCUT2D eigenvalue weighted by atomic mass is 10.1. The van der Waals surface area contributed by atoms with Crippen LogP contribution in [0.5, 0.6) is 0 Å².